The van der Waals surface area contributed by atoms with Gasteiger partial charge in [0.15, 0.2) is 11.5 Å². The lowest BCUT2D eigenvalue weighted by Gasteiger charge is -2.26. The fourth-order valence-electron chi connectivity index (χ4n) is 5.69. The van der Waals surface area contributed by atoms with Gasteiger partial charge in [-0.3, -0.25) is 9.63 Å². The first kappa shape index (κ1) is 31.9. The Kier molecular flexibility index (Phi) is 13.3. The molecule has 0 bridgehead atoms. The van der Waals surface area contributed by atoms with Crippen molar-refractivity contribution in [3.8, 4) is 11.5 Å². The fourth-order valence-corrected chi connectivity index (χ4v) is 5.69. The number of ether oxygens (including phenoxy) is 2. The summed E-state index contributed by atoms with van der Waals surface area (Å²) in [6.45, 7) is 13.6. The first-order chi connectivity index (χ1) is 19.4. The van der Waals surface area contributed by atoms with Gasteiger partial charge in [0.1, 0.15) is 6.29 Å². The van der Waals surface area contributed by atoms with E-state index < -0.39 is 0 Å². The number of piperidine rings is 1. The van der Waals surface area contributed by atoms with E-state index >= 15 is 0 Å². The van der Waals surface area contributed by atoms with Crippen LogP contribution >= 0.6 is 0 Å². The highest BCUT2D eigenvalue weighted by Gasteiger charge is 2.32. The molecule has 0 aromatic heterocycles. The Labute approximate surface area is 241 Å². The van der Waals surface area contributed by atoms with E-state index in [1.807, 2.05) is 17.0 Å². The molecule has 4 rings (SSSR count). The van der Waals surface area contributed by atoms with Gasteiger partial charge in [0.25, 0.3) is 0 Å². The van der Waals surface area contributed by atoms with E-state index in [1.54, 1.807) is 0 Å². The van der Waals surface area contributed by atoms with Crippen LogP contribution in [0.1, 0.15) is 89.7 Å². The number of hydrogen-bond acceptors (Lipinski definition) is 7. The highest BCUT2D eigenvalue weighted by Crippen LogP contribution is 2.43. The summed E-state index contributed by atoms with van der Waals surface area (Å²) in [6, 6.07) is 4.41. The quantitative estimate of drug-likeness (QED) is 0.232. The number of aryl methyl sites for hydroxylation is 1. The van der Waals surface area contributed by atoms with Gasteiger partial charge in [-0.1, -0.05) is 40.2 Å². The van der Waals surface area contributed by atoms with Gasteiger partial charge in [-0.25, -0.2) is 0 Å². The summed E-state index contributed by atoms with van der Waals surface area (Å²) in [4.78, 5) is 32.8. The number of amides is 1. The monoisotopic (exact) mass is 557 g/mol. The number of carbonyl (C=O) groups excluding carboxylic acids is 2. The van der Waals surface area contributed by atoms with E-state index in [4.69, 9.17) is 14.3 Å². The normalized spacial score (nSPS) is 20.2. The first-order valence-corrected chi connectivity index (χ1v) is 15.3. The second-order valence-corrected chi connectivity index (χ2v) is 11.2. The van der Waals surface area contributed by atoms with Crippen LogP contribution < -0.4 is 9.47 Å². The molecular formula is C32H51N3O5. The van der Waals surface area contributed by atoms with Gasteiger partial charge < -0.3 is 24.1 Å². The lowest BCUT2D eigenvalue weighted by Crippen LogP contribution is -2.35. The molecule has 1 unspecified atom stereocenters. The number of allylic oxidation sites excluding steroid dienone is 1. The summed E-state index contributed by atoms with van der Waals surface area (Å²) in [5.41, 5.74) is 3.69. The molecule has 0 spiro atoms. The molecule has 1 aromatic rings. The molecule has 0 aliphatic carbocycles. The summed E-state index contributed by atoms with van der Waals surface area (Å²) in [5.74, 6) is 2.75. The Hall–Kier alpha value is -2.58. The van der Waals surface area contributed by atoms with Crippen LogP contribution in [0.3, 0.4) is 0 Å². The molecule has 2 atom stereocenters. The largest absolute Gasteiger partial charge is 0.454 e. The van der Waals surface area contributed by atoms with E-state index in [9.17, 15) is 9.59 Å². The summed E-state index contributed by atoms with van der Waals surface area (Å²) in [5, 5.41) is 1.89. The van der Waals surface area contributed by atoms with E-state index in [1.165, 1.54) is 16.8 Å². The molecule has 8 nitrogen and oxygen atoms in total. The maximum atomic E-state index is 12.1. The molecular weight excluding hydrogens is 506 g/mol. The van der Waals surface area contributed by atoms with Gasteiger partial charge in [-0.15, -0.1) is 0 Å². The SMILES string of the molecule is CCCON(C)CCC.CCCc1cc([C@H](C)C2C/C(=C\CN3CCCCC3=O)N(CC=O)C2)cc2c1OCO2. The number of rotatable bonds is 13. The van der Waals surface area contributed by atoms with Crippen LogP contribution in [0.5, 0.6) is 11.5 Å². The third-order valence-electron chi connectivity index (χ3n) is 7.97. The second kappa shape index (κ2) is 16.6. The molecule has 0 saturated carbocycles. The Morgan fingerprint density at radius 1 is 1.10 bits per heavy atom. The van der Waals surface area contributed by atoms with Crippen LogP contribution in [0, 0.1) is 5.92 Å². The molecule has 2 fully saturated rings. The van der Waals surface area contributed by atoms with E-state index in [0.29, 0.717) is 38.1 Å². The molecule has 3 aliphatic heterocycles. The van der Waals surface area contributed by atoms with Crippen molar-refractivity contribution in [1.82, 2.24) is 14.9 Å². The van der Waals surface area contributed by atoms with Crippen molar-refractivity contribution in [3.05, 3.63) is 35.0 Å². The molecule has 40 heavy (non-hydrogen) atoms. The predicted molar refractivity (Wildman–Crippen MR) is 158 cm³/mol. The van der Waals surface area contributed by atoms with Crippen LogP contribution in [0.4, 0.5) is 0 Å². The van der Waals surface area contributed by atoms with Crippen molar-refractivity contribution in [3.63, 3.8) is 0 Å². The number of fused-ring (bicyclic) bond motifs is 1. The smallest absolute Gasteiger partial charge is 0.231 e. The van der Waals surface area contributed by atoms with Crippen molar-refractivity contribution in [2.75, 3.05) is 53.2 Å². The highest BCUT2D eigenvalue weighted by atomic mass is 16.7. The predicted octanol–water partition coefficient (Wildman–Crippen LogP) is 5.56. The molecule has 1 amide bonds. The summed E-state index contributed by atoms with van der Waals surface area (Å²) in [6.07, 6.45) is 11.1. The average molecular weight is 558 g/mol. The maximum absolute atomic E-state index is 12.1. The number of likely N-dealkylation sites (tertiary alicyclic amines) is 2. The van der Waals surface area contributed by atoms with Crippen molar-refractivity contribution in [2.24, 2.45) is 5.92 Å². The molecule has 0 N–H and O–H groups in total. The molecule has 0 radical (unpaired) electrons. The summed E-state index contributed by atoms with van der Waals surface area (Å²) >= 11 is 0. The van der Waals surface area contributed by atoms with Gasteiger partial charge in [0.05, 0.1) is 13.2 Å². The number of hydrogen-bond donors (Lipinski definition) is 0. The minimum Gasteiger partial charge on any atom is -0.454 e. The third kappa shape index (κ3) is 8.96. The highest BCUT2D eigenvalue weighted by molar-refractivity contribution is 5.77. The van der Waals surface area contributed by atoms with Gasteiger partial charge >= 0.3 is 0 Å². The molecule has 2 saturated heterocycles. The van der Waals surface area contributed by atoms with Gasteiger partial charge in [0.2, 0.25) is 12.7 Å². The van der Waals surface area contributed by atoms with Gasteiger partial charge in [-0.2, -0.15) is 5.06 Å². The number of aldehydes is 1. The zero-order valence-corrected chi connectivity index (χ0v) is 25.5. The topological polar surface area (TPSA) is 71.6 Å². The number of benzene rings is 1. The zero-order valence-electron chi connectivity index (χ0n) is 25.5. The molecule has 8 heteroatoms. The Morgan fingerprint density at radius 2 is 1.93 bits per heavy atom. The second-order valence-electron chi connectivity index (χ2n) is 11.2. The van der Waals surface area contributed by atoms with Crippen LogP contribution in [0.2, 0.25) is 0 Å². The Bertz CT molecular complexity index is 982. The van der Waals surface area contributed by atoms with Gasteiger partial charge in [0, 0.05) is 45.3 Å². The van der Waals surface area contributed by atoms with Crippen molar-refractivity contribution in [1.29, 1.82) is 0 Å². The van der Waals surface area contributed by atoms with Crippen molar-refractivity contribution in [2.45, 2.75) is 85.0 Å². The van der Waals surface area contributed by atoms with Crippen LogP contribution in [0.15, 0.2) is 23.9 Å². The Balaban J connectivity index is 0.000000424. The van der Waals surface area contributed by atoms with Gasteiger partial charge in [-0.05, 0) is 73.6 Å². The summed E-state index contributed by atoms with van der Waals surface area (Å²) in [7, 11) is 1.97. The van der Waals surface area contributed by atoms with E-state index in [2.05, 4.69) is 50.8 Å². The number of nitrogens with zero attached hydrogens (tertiary/aromatic N) is 3. The Morgan fingerprint density at radius 3 is 2.62 bits per heavy atom. The van der Waals surface area contributed by atoms with Crippen LogP contribution in [-0.4, -0.2) is 80.2 Å². The van der Waals surface area contributed by atoms with Crippen LogP contribution in [0.25, 0.3) is 0 Å². The molecule has 3 heterocycles. The fraction of sp³-hybridized carbons (Fsp3) is 0.688. The minimum atomic E-state index is 0.247. The standard InChI is InChI=1S/C25H34N2O4.C7H17NO/c1-3-6-19-13-20(15-23-25(19)31-17-30-23)18(2)21-14-22(27(16-21)11-12-28)8-10-26-9-5-4-7-24(26)29;1-4-6-8(3)9-7-5-2/h8,12-13,15,18,21H,3-7,9-11,14,16-17H2,1-2H3;4-7H2,1-3H3/b22-8+;/t18-,21?;/m0./s1. The third-order valence-corrected chi connectivity index (χ3v) is 7.97. The minimum absolute atomic E-state index is 0.247. The van der Waals surface area contributed by atoms with Crippen LogP contribution in [-0.2, 0) is 20.8 Å². The van der Waals surface area contributed by atoms with Crippen molar-refractivity contribution < 1.29 is 23.9 Å². The maximum Gasteiger partial charge on any atom is 0.231 e. The number of hydroxylamine groups is 2. The van der Waals surface area contributed by atoms with Crippen molar-refractivity contribution >= 4 is 12.2 Å². The first-order valence-electron chi connectivity index (χ1n) is 15.3. The summed E-state index contributed by atoms with van der Waals surface area (Å²) < 4.78 is 11.4. The zero-order chi connectivity index (χ0) is 28.9. The lowest BCUT2D eigenvalue weighted by molar-refractivity contribution is -0.139. The van der Waals surface area contributed by atoms with E-state index in [-0.39, 0.29) is 5.91 Å². The molecule has 224 valence electrons. The number of carbonyl (C=O) groups is 2. The molecule has 1 aromatic carbocycles. The average Bonchev–Trinajstić information content (AvgIpc) is 3.59. The van der Waals surface area contributed by atoms with E-state index in [0.717, 1.165) is 89.0 Å². The molecule has 3 aliphatic rings. The lowest BCUT2D eigenvalue weighted by atomic mass is 9.85.